The van der Waals surface area contributed by atoms with Gasteiger partial charge in [-0.05, 0) is 37.3 Å². The highest BCUT2D eigenvalue weighted by molar-refractivity contribution is 5.93. The molecule has 0 atom stereocenters. The van der Waals surface area contributed by atoms with Gasteiger partial charge in [0, 0.05) is 19.8 Å². The number of hydrogen-bond acceptors (Lipinski definition) is 3. The van der Waals surface area contributed by atoms with Crippen molar-refractivity contribution in [1.29, 1.82) is 0 Å². The minimum Gasteiger partial charge on any atom is -0.404 e. The van der Waals surface area contributed by atoms with Crippen LogP contribution >= 0.6 is 0 Å². The molecule has 0 saturated heterocycles. The highest BCUT2D eigenvalue weighted by atomic mass is 19.4. The summed E-state index contributed by atoms with van der Waals surface area (Å²) in [5.41, 5.74) is 5.78. The second-order valence-corrected chi connectivity index (χ2v) is 5.31. The van der Waals surface area contributed by atoms with E-state index in [2.05, 4.69) is 15.0 Å². The molecule has 2 rings (SSSR count). The first-order chi connectivity index (χ1) is 10.9. The van der Waals surface area contributed by atoms with Crippen LogP contribution in [0.1, 0.15) is 19.3 Å². The zero-order chi connectivity index (χ0) is 16.7. The van der Waals surface area contributed by atoms with Gasteiger partial charge in [-0.2, -0.15) is 0 Å². The Kier molecular flexibility index (Phi) is 6.09. The predicted molar refractivity (Wildman–Crippen MR) is 81.4 cm³/mol. The van der Waals surface area contributed by atoms with Crippen molar-refractivity contribution < 1.29 is 22.6 Å². The molecule has 1 fully saturated rings. The maximum atomic E-state index is 12.3. The van der Waals surface area contributed by atoms with Crippen molar-refractivity contribution >= 4 is 11.6 Å². The van der Waals surface area contributed by atoms with Gasteiger partial charge in [0.05, 0.1) is 5.69 Å². The number of guanidine groups is 1. The van der Waals surface area contributed by atoms with Gasteiger partial charge in [-0.3, -0.25) is 4.99 Å². The Labute approximate surface area is 132 Å². The fourth-order valence-corrected chi connectivity index (χ4v) is 1.86. The summed E-state index contributed by atoms with van der Waals surface area (Å²) in [4.78, 5) is 4.06. The molecular weight excluding hydrogens is 311 g/mol. The van der Waals surface area contributed by atoms with Crippen LogP contribution in [0.4, 0.5) is 18.9 Å². The molecular formula is C15H20F3N3O2. The van der Waals surface area contributed by atoms with Crippen molar-refractivity contribution in [2.24, 2.45) is 16.6 Å². The number of halogens is 3. The van der Waals surface area contributed by atoms with Gasteiger partial charge in [0.2, 0.25) is 0 Å². The molecule has 0 radical (unpaired) electrons. The molecule has 23 heavy (non-hydrogen) atoms. The van der Waals surface area contributed by atoms with Crippen molar-refractivity contribution in [3.05, 3.63) is 24.3 Å². The average molecular weight is 331 g/mol. The smallest absolute Gasteiger partial charge is 0.404 e. The van der Waals surface area contributed by atoms with Gasteiger partial charge in [0.1, 0.15) is 0 Å². The van der Waals surface area contributed by atoms with Crippen LogP contribution in [-0.4, -0.2) is 32.1 Å². The Morgan fingerprint density at radius 3 is 2.74 bits per heavy atom. The summed E-state index contributed by atoms with van der Waals surface area (Å²) in [6, 6.07) is 5.65. The SMILES string of the molecule is NC(=NCCCOCC1CC1)Nc1ccccc1OC(F)(F)F. The van der Waals surface area contributed by atoms with Crippen LogP contribution in [0.15, 0.2) is 29.3 Å². The van der Waals surface area contributed by atoms with Crippen LogP contribution in [0, 0.1) is 5.92 Å². The largest absolute Gasteiger partial charge is 0.573 e. The van der Waals surface area contributed by atoms with E-state index in [9.17, 15) is 13.2 Å². The predicted octanol–water partition coefficient (Wildman–Crippen LogP) is 3.13. The van der Waals surface area contributed by atoms with E-state index in [0.29, 0.717) is 19.6 Å². The van der Waals surface area contributed by atoms with E-state index in [1.807, 2.05) is 0 Å². The molecule has 5 nitrogen and oxygen atoms in total. The number of hydrogen-bond donors (Lipinski definition) is 2. The van der Waals surface area contributed by atoms with E-state index in [1.54, 1.807) is 6.07 Å². The summed E-state index contributed by atoms with van der Waals surface area (Å²) in [5.74, 6) is 0.395. The van der Waals surface area contributed by atoms with E-state index >= 15 is 0 Å². The second kappa shape index (κ2) is 8.05. The van der Waals surface area contributed by atoms with E-state index in [1.165, 1.54) is 31.0 Å². The van der Waals surface area contributed by atoms with Crippen molar-refractivity contribution in [2.45, 2.75) is 25.6 Å². The first-order valence-corrected chi connectivity index (χ1v) is 7.43. The molecule has 0 amide bonds. The van der Waals surface area contributed by atoms with Gasteiger partial charge < -0.3 is 20.5 Å². The molecule has 0 spiro atoms. The molecule has 1 saturated carbocycles. The van der Waals surface area contributed by atoms with Gasteiger partial charge in [-0.15, -0.1) is 13.2 Å². The third kappa shape index (κ3) is 7.23. The van der Waals surface area contributed by atoms with Gasteiger partial charge in [0.15, 0.2) is 11.7 Å². The van der Waals surface area contributed by atoms with E-state index in [4.69, 9.17) is 10.5 Å². The summed E-state index contributed by atoms with van der Waals surface area (Å²) >= 11 is 0. The summed E-state index contributed by atoms with van der Waals surface area (Å²) < 4.78 is 46.3. The Bertz CT molecular complexity index is 531. The van der Waals surface area contributed by atoms with Crippen molar-refractivity contribution in [3.63, 3.8) is 0 Å². The normalized spacial score (nSPS) is 15.5. The third-order valence-corrected chi connectivity index (χ3v) is 3.15. The number of alkyl halides is 3. The van der Waals surface area contributed by atoms with E-state index < -0.39 is 6.36 Å². The molecule has 3 N–H and O–H groups in total. The Morgan fingerprint density at radius 2 is 2.04 bits per heavy atom. The van der Waals surface area contributed by atoms with Crippen LogP contribution in [0.3, 0.4) is 0 Å². The quantitative estimate of drug-likeness (QED) is 0.436. The van der Waals surface area contributed by atoms with Gasteiger partial charge in [0.25, 0.3) is 0 Å². The lowest BCUT2D eigenvalue weighted by Gasteiger charge is -2.14. The molecule has 0 heterocycles. The van der Waals surface area contributed by atoms with Crippen molar-refractivity contribution in [2.75, 3.05) is 25.1 Å². The Morgan fingerprint density at radius 1 is 1.30 bits per heavy atom. The lowest BCUT2D eigenvalue weighted by atomic mass is 10.3. The van der Waals surface area contributed by atoms with Gasteiger partial charge in [-0.25, -0.2) is 0 Å². The fraction of sp³-hybridized carbons (Fsp3) is 0.533. The minimum atomic E-state index is -4.76. The van der Waals surface area contributed by atoms with E-state index in [0.717, 1.165) is 12.5 Å². The summed E-state index contributed by atoms with van der Waals surface area (Å²) in [5, 5.41) is 2.61. The van der Waals surface area contributed by atoms with Crippen LogP contribution in [0.25, 0.3) is 0 Å². The first-order valence-electron chi connectivity index (χ1n) is 7.43. The molecule has 0 bridgehead atoms. The van der Waals surface area contributed by atoms with Crippen LogP contribution in [-0.2, 0) is 4.74 Å². The van der Waals surface area contributed by atoms with Crippen molar-refractivity contribution in [3.8, 4) is 5.75 Å². The highest BCUT2D eigenvalue weighted by Gasteiger charge is 2.32. The molecule has 0 aromatic heterocycles. The topological polar surface area (TPSA) is 68.9 Å². The molecule has 0 unspecified atom stereocenters. The zero-order valence-electron chi connectivity index (χ0n) is 12.6. The number of nitrogens with two attached hydrogens (primary N) is 1. The number of para-hydroxylation sites is 2. The second-order valence-electron chi connectivity index (χ2n) is 5.31. The molecule has 1 aromatic carbocycles. The number of nitrogens with zero attached hydrogens (tertiary/aromatic N) is 1. The molecule has 1 aromatic rings. The molecule has 0 aliphatic heterocycles. The summed E-state index contributed by atoms with van der Waals surface area (Å²) in [7, 11) is 0. The van der Waals surface area contributed by atoms with Crippen molar-refractivity contribution in [1.82, 2.24) is 0 Å². The summed E-state index contributed by atoms with van der Waals surface area (Å²) in [6.07, 6.45) is -1.57. The first kappa shape index (κ1) is 17.4. The molecule has 1 aliphatic carbocycles. The maximum absolute atomic E-state index is 12.3. The van der Waals surface area contributed by atoms with Crippen LogP contribution < -0.4 is 15.8 Å². The monoisotopic (exact) mass is 331 g/mol. The standard InChI is InChI=1S/C15H20F3N3O2/c16-15(17,18)23-13-5-2-1-4-12(13)21-14(19)20-8-3-9-22-10-11-6-7-11/h1-2,4-5,11H,3,6-10H2,(H3,19,20,21). The van der Waals surface area contributed by atoms with Gasteiger partial charge >= 0.3 is 6.36 Å². The maximum Gasteiger partial charge on any atom is 0.573 e. The number of rotatable bonds is 8. The average Bonchev–Trinajstić information content (AvgIpc) is 3.27. The number of ether oxygens (including phenoxy) is 2. The third-order valence-electron chi connectivity index (χ3n) is 3.15. The number of aliphatic imine (C=N–C) groups is 1. The molecule has 1 aliphatic rings. The summed E-state index contributed by atoms with van der Waals surface area (Å²) in [6.45, 7) is 1.83. The lowest BCUT2D eigenvalue weighted by Crippen LogP contribution is -2.24. The Hall–Kier alpha value is -1.96. The zero-order valence-corrected chi connectivity index (χ0v) is 12.6. The number of benzene rings is 1. The number of anilines is 1. The van der Waals surface area contributed by atoms with Crippen LogP contribution in [0.2, 0.25) is 0 Å². The molecule has 8 heteroatoms. The Balaban J connectivity index is 1.76. The fourth-order valence-electron chi connectivity index (χ4n) is 1.86. The minimum absolute atomic E-state index is 0.0328. The van der Waals surface area contributed by atoms with Crippen LogP contribution in [0.5, 0.6) is 5.75 Å². The van der Waals surface area contributed by atoms with Gasteiger partial charge in [-0.1, -0.05) is 12.1 Å². The number of nitrogens with one attached hydrogen (secondary N) is 1. The highest BCUT2D eigenvalue weighted by Crippen LogP contribution is 2.30. The molecule has 128 valence electrons. The lowest BCUT2D eigenvalue weighted by molar-refractivity contribution is -0.274. The van der Waals surface area contributed by atoms with E-state index in [-0.39, 0.29) is 17.4 Å².